The molecule has 2 atom stereocenters. The van der Waals surface area contributed by atoms with E-state index in [4.69, 9.17) is 9.47 Å². The summed E-state index contributed by atoms with van der Waals surface area (Å²) < 4.78 is 10.7. The second-order valence-electron chi connectivity index (χ2n) is 6.34. The molecule has 1 aromatic carbocycles. The molecule has 3 heteroatoms. The van der Waals surface area contributed by atoms with Crippen LogP contribution in [0.25, 0.3) is 0 Å². The summed E-state index contributed by atoms with van der Waals surface area (Å²) in [6.45, 7) is 7.69. The molecular weight excluding hydrogens is 238 g/mol. The van der Waals surface area contributed by atoms with E-state index in [1.807, 2.05) is 12.1 Å². The molecule has 1 N–H and O–H groups in total. The van der Waals surface area contributed by atoms with Gasteiger partial charge in [-0.25, -0.2) is 0 Å². The summed E-state index contributed by atoms with van der Waals surface area (Å²) in [5.74, 6) is 3.14. The van der Waals surface area contributed by atoms with Gasteiger partial charge in [-0.3, -0.25) is 0 Å². The molecule has 0 spiro atoms. The van der Waals surface area contributed by atoms with E-state index >= 15 is 0 Å². The summed E-state index contributed by atoms with van der Waals surface area (Å²) in [4.78, 5) is 0. The Hall–Kier alpha value is -1.22. The van der Waals surface area contributed by atoms with Gasteiger partial charge >= 0.3 is 0 Å². The normalized spacial score (nSPS) is 22.2. The van der Waals surface area contributed by atoms with E-state index in [1.165, 1.54) is 12.0 Å². The molecule has 3 nitrogen and oxygen atoms in total. The summed E-state index contributed by atoms with van der Waals surface area (Å²) in [5, 5.41) is 3.58. The number of hydrogen-bond donors (Lipinski definition) is 1. The highest BCUT2D eigenvalue weighted by atomic mass is 16.5. The van der Waals surface area contributed by atoms with Crippen molar-refractivity contribution in [3.05, 3.63) is 23.8 Å². The van der Waals surface area contributed by atoms with Gasteiger partial charge in [0.2, 0.25) is 0 Å². The number of nitrogens with one attached hydrogen (secondary N) is 1. The van der Waals surface area contributed by atoms with Crippen molar-refractivity contribution in [3.8, 4) is 11.5 Å². The predicted octanol–water partition coefficient (Wildman–Crippen LogP) is 3.20. The fourth-order valence-corrected chi connectivity index (χ4v) is 2.42. The van der Waals surface area contributed by atoms with Crippen LogP contribution in [0.5, 0.6) is 11.5 Å². The van der Waals surface area contributed by atoms with Gasteiger partial charge < -0.3 is 14.8 Å². The Morgan fingerprint density at radius 1 is 1.21 bits per heavy atom. The van der Waals surface area contributed by atoms with Crippen LogP contribution in [0.3, 0.4) is 0 Å². The molecule has 1 aromatic rings. The number of ether oxygens (including phenoxy) is 2. The number of rotatable bonds is 5. The van der Waals surface area contributed by atoms with Gasteiger partial charge in [0.15, 0.2) is 0 Å². The van der Waals surface area contributed by atoms with Crippen molar-refractivity contribution >= 4 is 0 Å². The summed E-state index contributed by atoms with van der Waals surface area (Å²) in [6.07, 6.45) is 1.24. The Morgan fingerprint density at radius 3 is 2.53 bits per heavy atom. The molecule has 1 aliphatic carbocycles. The maximum Gasteiger partial charge on any atom is 0.126 e. The van der Waals surface area contributed by atoms with Crippen molar-refractivity contribution < 1.29 is 9.47 Å². The minimum absolute atomic E-state index is 0.192. The lowest BCUT2D eigenvalue weighted by molar-refractivity contribution is 0.389. The molecule has 0 aliphatic heterocycles. The number of methoxy groups -OCH3 is 2. The smallest absolute Gasteiger partial charge is 0.126 e. The van der Waals surface area contributed by atoms with Gasteiger partial charge in [-0.2, -0.15) is 0 Å². The van der Waals surface area contributed by atoms with Gasteiger partial charge in [0, 0.05) is 11.6 Å². The van der Waals surface area contributed by atoms with Crippen LogP contribution in [0, 0.1) is 5.92 Å². The zero-order valence-corrected chi connectivity index (χ0v) is 12.6. The fourth-order valence-electron chi connectivity index (χ4n) is 2.42. The summed E-state index contributed by atoms with van der Waals surface area (Å²) in [7, 11) is 3.41. The Labute approximate surface area is 116 Å². The highest BCUT2D eigenvalue weighted by Gasteiger charge is 2.40. The van der Waals surface area contributed by atoms with E-state index in [2.05, 4.69) is 32.2 Å². The molecule has 1 saturated carbocycles. The lowest BCUT2D eigenvalue weighted by atomic mass is 10.1. The minimum atomic E-state index is 0.192. The maximum atomic E-state index is 5.48. The Bertz CT molecular complexity index is 437. The van der Waals surface area contributed by atoms with Crippen LogP contribution in [0.1, 0.15) is 38.7 Å². The highest BCUT2D eigenvalue weighted by molar-refractivity contribution is 5.45. The van der Waals surface area contributed by atoms with Crippen molar-refractivity contribution in [2.24, 2.45) is 5.92 Å². The third-order valence-corrected chi connectivity index (χ3v) is 3.66. The van der Waals surface area contributed by atoms with E-state index in [0.29, 0.717) is 5.92 Å². The summed E-state index contributed by atoms with van der Waals surface area (Å²) in [5.41, 5.74) is 1.50. The molecule has 0 heterocycles. The van der Waals surface area contributed by atoms with Crippen molar-refractivity contribution in [2.75, 3.05) is 20.8 Å². The largest absolute Gasteiger partial charge is 0.497 e. The second kappa shape index (κ2) is 5.41. The molecule has 0 radical (unpaired) electrons. The molecule has 0 saturated heterocycles. The first-order valence-electron chi connectivity index (χ1n) is 6.91. The van der Waals surface area contributed by atoms with Crippen molar-refractivity contribution in [1.82, 2.24) is 5.32 Å². The highest BCUT2D eigenvalue weighted by Crippen LogP contribution is 2.50. The average Bonchev–Trinajstić information content (AvgIpc) is 3.14. The Balaban J connectivity index is 2.00. The van der Waals surface area contributed by atoms with E-state index in [0.717, 1.165) is 24.0 Å². The molecule has 2 rings (SSSR count). The van der Waals surface area contributed by atoms with E-state index in [9.17, 15) is 0 Å². The van der Waals surface area contributed by atoms with Gasteiger partial charge in [-0.1, -0.05) is 6.07 Å². The van der Waals surface area contributed by atoms with Crippen LogP contribution in [-0.4, -0.2) is 26.3 Å². The predicted molar refractivity (Wildman–Crippen MR) is 78.1 cm³/mol. The first-order valence-corrected chi connectivity index (χ1v) is 6.91. The lowest BCUT2D eigenvalue weighted by Gasteiger charge is -2.20. The van der Waals surface area contributed by atoms with E-state index < -0.39 is 0 Å². The number of hydrogen-bond acceptors (Lipinski definition) is 3. The van der Waals surface area contributed by atoms with E-state index in [-0.39, 0.29) is 5.54 Å². The molecule has 2 unspecified atom stereocenters. The van der Waals surface area contributed by atoms with Crippen molar-refractivity contribution in [1.29, 1.82) is 0 Å². The summed E-state index contributed by atoms with van der Waals surface area (Å²) >= 11 is 0. The fraction of sp³-hybridized carbons (Fsp3) is 0.625. The van der Waals surface area contributed by atoms with Gasteiger partial charge in [0.25, 0.3) is 0 Å². The molecule has 0 aromatic heterocycles. The minimum Gasteiger partial charge on any atom is -0.497 e. The first-order chi connectivity index (χ1) is 8.94. The lowest BCUT2D eigenvalue weighted by Crippen LogP contribution is -2.37. The maximum absolute atomic E-state index is 5.48. The third kappa shape index (κ3) is 3.63. The quantitative estimate of drug-likeness (QED) is 0.885. The topological polar surface area (TPSA) is 30.5 Å². The second-order valence-corrected chi connectivity index (χ2v) is 6.34. The molecule has 19 heavy (non-hydrogen) atoms. The molecule has 0 bridgehead atoms. The average molecular weight is 263 g/mol. The van der Waals surface area contributed by atoms with E-state index in [1.54, 1.807) is 14.2 Å². The molecule has 1 fully saturated rings. The monoisotopic (exact) mass is 263 g/mol. The first kappa shape index (κ1) is 14.2. The standard InChI is InChI=1S/C16H25NO2/c1-16(2,3)17-10-11-8-14(11)13-7-6-12(18-4)9-15(13)19-5/h6-7,9,11,14,17H,8,10H2,1-5H3. The summed E-state index contributed by atoms with van der Waals surface area (Å²) in [6, 6.07) is 6.13. The van der Waals surface area contributed by atoms with Crippen molar-refractivity contribution in [3.63, 3.8) is 0 Å². The third-order valence-electron chi connectivity index (χ3n) is 3.66. The van der Waals surface area contributed by atoms with Gasteiger partial charge in [-0.15, -0.1) is 0 Å². The zero-order valence-electron chi connectivity index (χ0n) is 12.6. The van der Waals surface area contributed by atoms with Gasteiger partial charge in [0.05, 0.1) is 14.2 Å². The van der Waals surface area contributed by atoms with Crippen LogP contribution in [0.4, 0.5) is 0 Å². The zero-order chi connectivity index (χ0) is 14.0. The van der Waals surface area contributed by atoms with Crippen LogP contribution in [0.2, 0.25) is 0 Å². The van der Waals surface area contributed by atoms with Crippen LogP contribution < -0.4 is 14.8 Å². The Kier molecular flexibility index (Phi) is 4.04. The van der Waals surface area contributed by atoms with Gasteiger partial charge in [-0.05, 0) is 57.2 Å². The van der Waals surface area contributed by atoms with Crippen LogP contribution >= 0.6 is 0 Å². The van der Waals surface area contributed by atoms with Gasteiger partial charge in [0.1, 0.15) is 11.5 Å². The SMILES string of the molecule is COc1ccc(C2CC2CNC(C)(C)C)c(OC)c1. The Morgan fingerprint density at radius 2 is 1.95 bits per heavy atom. The van der Waals surface area contributed by atoms with Crippen LogP contribution in [-0.2, 0) is 0 Å². The molecular formula is C16H25NO2. The van der Waals surface area contributed by atoms with Crippen LogP contribution in [0.15, 0.2) is 18.2 Å². The number of benzene rings is 1. The molecule has 1 aliphatic rings. The van der Waals surface area contributed by atoms with Crippen molar-refractivity contribution in [2.45, 2.75) is 38.6 Å². The molecule has 106 valence electrons. The molecule has 0 amide bonds.